The van der Waals surface area contributed by atoms with Crippen LogP contribution in [0.3, 0.4) is 0 Å². The molecule has 0 aromatic heterocycles. The Morgan fingerprint density at radius 1 is 0.967 bits per heavy atom. The lowest BCUT2D eigenvalue weighted by molar-refractivity contribution is -0.120. The number of carbonyl (C=O) groups excluding carboxylic acids is 2. The predicted octanol–water partition coefficient (Wildman–Crippen LogP) is 4.44. The summed E-state index contributed by atoms with van der Waals surface area (Å²) in [5.74, 6) is 1.13. The van der Waals surface area contributed by atoms with Crippen molar-refractivity contribution in [2.45, 2.75) is 45.6 Å². The van der Waals surface area contributed by atoms with Gasteiger partial charge in [0.25, 0.3) is 5.91 Å². The Kier molecular flexibility index (Phi) is 7.71. The van der Waals surface area contributed by atoms with E-state index < -0.39 is 0 Å². The summed E-state index contributed by atoms with van der Waals surface area (Å²) in [6.45, 7) is 4.96. The molecule has 0 spiro atoms. The highest BCUT2D eigenvalue weighted by atomic mass is 16.5. The van der Waals surface area contributed by atoms with Gasteiger partial charge in [0.2, 0.25) is 5.91 Å². The summed E-state index contributed by atoms with van der Waals surface area (Å²) in [6.07, 6.45) is 4.68. The summed E-state index contributed by atoms with van der Waals surface area (Å²) in [5.41, 5.74) is 2.06. The zero-order valence-corrected chi connectivity index (χ0v) is 17.7. The maximum atomic E-state index is 12.4. The third-order valence-electron chi connectivity index (χ3n) is 5.48. The average molecular weight is 410 g/mol. The molecule has 3 N–H and O–H groups in total. The van der Waals surface area contributed by atoms with Crippen LogP contribution in [0.1, 0.15) is 49.9 Å². The zero-order chi connectivity index (χ0) is 21.3. The number of rotatable bonds is 8. The van der Waals surface area contributed by atoms with E-state index >= 15 is 0 Å². The van der Waals surface area contributed by atoms with Crippen molar-refractivity contribution in [1.29, 1.82) is 0 Å². The zero-order valence-electron chi connectivity index (χ0n) is 17.7. The summed E-state index contributed by atoms with van der Waals surface area (Å²) in [5, 5.41) is 9.13. The third kappa shape index (κ3) is 6.24. The molecular weight excluding hydrogens is 378 g/mol. The van der Waals surface area contributed by atoms with E-state index in [2.05, 4.69) is 22.9 Å². The first-order valence-corrected chi connectivity index (χ1v) is 10.7. The van der Waals surface area contributed by atoms with Crippen LogP contribution in [0.5, 0.6) is 5.75 Å². The number of hydrogen-bond donors (Lipinski definition) is 3. The van der Waals surface area contributed by atoms with Gasteiger partial charge < -0.3 is 20.7 Å². The second-order valence-corrected chi connectivity index (χ2v) is 7.78. The first kappa shape index (κ1) is 21.7. The van der Waals surface area contributed by atoms with Crippen LogP contribution in [-0.2, 0) is 4.79 Å². The van der Waals surface area contributed by atoms with Gasteiger partial charge in [-0.2, -0.15) is 0 Å². The van der Waals surface area contributed by atoms with E-state index in [4.69, 9.17) is 4.74 Å². The molecule has 30 heavy (non-hydrogen) atoms. The van der Waals surface area contributed by atoms with Crippen LogP contribution in [0.15, 0.2) is 48.5 Å². The van der Waals surface area contributed by atoms with Gasteiger partial charge in [0.15, 0.2) is 0 Å². The van der Waals surface area contributed by atoms with Gasteiger partial charge in [-0.25, -0.2) is 0 Å². The van der Waals surface area contributed by atoms with Crippen LogP contribution in [0.4, 0.5) is 11.4 Å². The quantitative estimate of drug-likeness (QED) is 0.602. The molecule has 2 aromatic rings. The molecule has 1 aliphatic carbocycles. The molecule has 0 bridgehead atoms. The van der Waals surface area contributed by atoms with E-state index in [9.17, 15) is 9.59 Å². The Morgan fingerprint density at radius 2 is 1.63 bits per heavy atom. The monoisotopic (exact) mass is 409 g/mol. The van der Waals surface area contributed by atoms with Gasteiger partial charge >= 0.3 is 0 Å². The van der Waals surface area contributed by atoms with Crippen LogP contribution < -0.4 is 20.7 Å². The lowest BCUT2D eigenvalue weighted by Crippen LogP contribution is -2.43. The van der Waals surface area contributed by atoms with Gasteiger partial charge in [-0.15, -0.1) is 0 Å². The van der Waals surface area contributed by atoms with Crippen molar-refractivity contribution in [2.75, 3.05) is 23.8 Å². The minimum atomic E-state index is -0.185. The van der Waals surface area contributed by atoms with Gasteiger partial charge in [-0.05, 0) is 74.2 Å². The molecule has 1 saturated carbocycles. The second kappa shape index (κ2) is 10.7. The van der Waals surface area contributed by atoms with Crippen molar-refractivity contribution in [3.63, 3.8) is 0 Å². The highest BCUT2D eigenvalue weighted by molar-refractivity contribution is 6.04. The molecule has 2 aromatic carbocycles. The van der Waals surface area contributed by atoms with Gasteiger partial charge in [-0.1, -0.05) is 19.8 Å². The predicted molar refractivity (Wildman–Crippen MR) is 120 cm³/mol. The number of carbonyl (C=O) groups is 2. The van der Waals surface area contributed by atoms with Gasteiger partial charge in [0.05, 0.1) is 13.2 Å². The maximum Gasteiger partial charge on any atom is 0.255 e. The smallest absolute Gasteiger partial charge is 0.255 e. The highest BCUT2D eigenvalue weighted by Crippen LogP contribution is 2.23. The van der Waals surface area contributed by atoms with Crippen molar-refractivity contribution >= 4 is 23.2 Å². The lowest BCUT2D eigenvalue weighted by Gasteiger charge is -2.29. The van der Waals surface area contributed by atoms with Gasteiger partial charge in [0.1, 0.15) is 5.75 Å². The Morgan fingerprint density at radius 3 is 2.30 bits per heavy atom. The fourth-order valence-corrected chi connectivity index (χ4v) is 3.71. The molecule has 1 fully saturated rings. The van der Waals surface area contributed by atoms with E-state index in [0.29, 0.717) is 23.8 Å². The standard InChI is InChI=1S/C24H31N3O3/c1-3-30-21-14-12-20(13-15-21)26-24(29)18-8-10-19(11-9-18)25-16-23(28)27-22-7-5-4-6-17(22)2/h8-15,17,22,25H,3-7,16H2,1-2H3,(H,26,29)(H,27,28). The topological polar surface area (TPSA) is 79.5 Å². The molecule has 6 heteroatoms. The Balaban J connectivity index is 1.46. The number of hydrogen-bond acceptors (Lipinski definition) is 4. The second-order valence-electron chi connectivity index (χ2n) is 7.78. The SMILES string of the molecule is CCOc1ccc(NC(=O)c2ccc(NCC(=O)NC3CCCCC3C)cc2)cc1. The van der Waals surface area contributed by atoms with E-state index in [1.54, 1.807) is 12.1 Å². The number of nitrogens with one attached hydrogen (secondary N) is 3. The number of amides is 2. The van der Waals surface area contributed by atoms with E-state index in [0.717, 1.165) is 17.9 Å². The minimum Gasteiger partial charge on any atom is -0.494 e. The molecule has 3 rings (SSSR count). The van der Waals surface area contributed by atoms with E-state index in [1.807, 2.05) is 43.3 Å². The summed E-state index contributed by atoms with van der Waals surface area (Å²) >= 11 is 0. The normalized spacial score (nSPS) is 18.3. The Bertz CT molecular complexity index is 834. The lowest BCUT2D eigenvalue weighted by atomic mass is 9.86. The van der Waals surface area contributed by atoms with Gasteiger partial charge in [-0.3, -0.25) is 9.59 Å². The van der Waals surface area contributed by atoms with Crippen molar-refractivity contribution < 1.29 is 14.3 Å². The van der Waals surface area contributed by atoms with Crippen LogP contribution in [-0.4, -0.2) is 31.0 Å². The molecule has 1 aliphatic rings. The minimum absolute atomic E-state index is 0.00562. The third-order valence-corrected chi connectivity index (χ3v) is 5.48. The van der Waals surface area contributed by atoms with E-state index in [-0.39, 0.29) is 24.4 Å². The van der Waals surface area contributed by atoms with Gasteiger partial charge in [0, 0.05) is 23.0 Å². The molecule has 160 valence electrons. The van der Waals surface area contributed by atoms with E-state index in [1.165, 1.54) is 19.3 Å². The fraction of sp³-hybridized carbons (Fsp3) is 0.417. The van der Waals surface area contributed by atoms with Crippen molar-refractivity contribution in [1.82, 2.24) is 5.32 Å². The summed E-state index contributed by atoms with van der Waals surface area (Å²) in [4.78, 5) is 24.7. The van der Waals surface area contributed by atoms with Crippen LogP contribution >= 0.6 is 0 Å². The van der Waals surface area contributed by atoms with Crippen molar-refractivity contribution in [3.8, 4) is 5.75 Å². The molecule has 2 atom stereocenters. The van der Waals surface area contributed by atoms with Crippen LogP contribution in [0.2, 0.25) is 0 Å². The largest absolute Gasteiger partial charge is 0.494 e. The molecule has 2 unspecified atom stereocenters. The van der Waals surface area contributed by atoms with Crippen molar-refractivity contribution in [3.05, 3.63) is 54.1 Å². The molecule has 0 aliphatic heterocycles. The van der Waals surface area contributed by atoms with Crippen LogP contribution in [0, 0.1) is 5.92 Å². The maximum absolute atomic E-state index is 12.4. The molecule has 0 heterocycles. The average Bonchev–Trinajstić information content (AvgIpc) is 2.76. The Labute approximate surface area is 178 Å². The van der Waals surface area contributed by atoms with Crippen molar-refractivity contribution in [2.24, 2.45) is 5.92 Å². The molecule has 6 nitrogen and oxygen atoms in total. The molecule has 2 amide bonds. The molecule has 0 saturated heterocycles. The molecule has 0 radical (unpaired) electrons. The first-order valence-electron chi connectivity index (χ1n) is 10.7. The fourth-order valence-electron chi connectivity index (χ4n) is 3.71. The first-order chi connectivity index (χ1) is 14.5. The number of benzene rings is 2. The number of ether oxygens (including phenoxy) is 1. The highest BCUT2D eigenvalue weighted by Gasteiger charge is 2.22. The Hall–Kier alpha value is -3.02. The summed E-state index contributed by atoms with van der Waals surface area (Å²) < 4.78 is 5.40. The summed E-state index contributed by atoms with van der Waals surface area (Å²) in [6, 6.07) is 14.7. The number of anilines is 2. The van der Waals surface area contributed by atoms with Crippen LogP contribution in [0.25, 0.3) is 0 Å². The molecular formula is C24H31N3O3. The summed E-state index contributed by atoms with van der Waals surface area (Å²) in [7, 11) is 0.